The number of fused-ring (bicyclic) bond motifs is 1. The molecule has 108 valence electrons. The number of halogens is 1. The zero-order valence-corrected chi connectivity index (χ0v) is 12.3. The van der Waals surface area contributed by atoms with E-state index in [4.69, 9.17) is 0 Å². The molecule has 0 radical (unpaired) electrons. The van der Waals surface area contributed by atoms with Crippen molar-refractivity contribution in [3.05, 3.63) is 64.5 Å². The summed E-state index contributed by atoms with van der Waals surface area (Å²) in [5.41, 5.74) is 4.21. The van der Waals surface area contributed by atoms with Crippen molar-refractivity contribution < 1.29 is 9.18 Å². The summed E-state index contributed by atoms with van der Waals surface area (Å²) in [6.45, 7) is 4.57. The highest BCUT2D eigenvalue weighted by Gasteiger charge is 2.26. The van der Waals surface area contributed by atoms with Crippen LogP contribution in [-0.4, -0.2) is 12.5 Å². The van der Waals surface area contributed by atoms with Crippen molar-refractivity contribution in [2.24, 2.45) is 0 Å². The number of para-hydroxylation sites is 1. The Bertz CT molecular complexity index is 708. The van der Waals surface area contributed by atoms with Crippen molar-refractivity contribution in [2.45, 2.75) is 26.7 Å². The van der Waals surface area contributed by atoms with Gasteiger partial charge >= 0.3 is 0 Å². The Morgan fingerprint density at radius 2 is 1.95 bits per heavy atom. The van der Waals surface area contributed by atoms with E-state index in [0.29, 0.717) is 17.8 Å². The van der Waals surface area contributed by atoms with Crippen LogP contribution in [0.3, 0.4) is 0 Å². The van der Waals surface area contributed by atoms with E-state index in [1.54, 1.807) is 11.0 Å². The zero-order chi connectivity index (χ0) is 15.0. The fourth-order valence-corrected chi connectivity index (χ4v) is 2.84. The van der Waals surface area contributed by atoms with Crippen LogP contribution in [0, 0.1) is 19.7 Å². The molecule has 1 aliphatic rings. The first-order chi connectivity index (χ1) is 10.1. The van der Waals surface area contributed by atoms with Crippen molar-refractivity contribution in [3.63, 3.8) is 0 Å². The molecule has 2 nitrogen and oxygen atoms in total. The van der Waals surface area contributed by atoms with Crippen LogP contribution in [0.4, 0.5) is 10.1 Å². The summed E-state index contributed by atoms with van der Waals surface area (Å²) < 4.78 is 14.1. The normalized spacial score (nSPS) is 14.0. The third kappa shape index (κ3) is 2.44. The maximum absolute atomic E-state index is 14.1. The van der Waals surface area contributed by atoms with E-state index in [-0.39, 0.29) is 11.7 Å². The summed E-state index contributed by atoms with van der Waals surface area (Å²) in [5.74, 6) is -0.437. The van der Waals surface area contributed by atoms with Gasteiger partial charge in [-0.05, 0) is 61.6 Å². The smallest absolute Gasteiger partial charge is 0.258 e. The second kappa shape index (κ2) is 5.32. The number of nitrogens with zero attached hydrogens (tertiary/aromatic N) is 1. The van der Waals surface area contributed by atoms with Gasteiger partial charge in [0.1, 0.15) is 5.82 Å². The standard InChI is InChI=1S/C18H18FNO/c1-12-8-9-15(11-13(12)2)18(21)20-10-4-6-14-5-3-7-16(19)17(14)20/h3,5,7-9,11H,4,6,10H2,1-2H3. The number of benzene rings is 2. The lowest BCUT2D eigenvalue weighted by molar-refractivity contribution is 0.0984. The molecule has 0 fully saturated rings. The molecule has 0 N–H and O–H groups in total. The zero-order valence-electron chi connectivity index (χ0n) is 12.3. The lowest BCUT2D eigenvalue weighted by atomic mass is 9.99. The van der Waals surface area contributed by atoms with Crippen LogP contribution in [-0.2, 0) is 6.42 Å². The second-order valence-corrected chi connectivity index (χ2v) is 5.61. The largest absolute Gasteiger partial charge is 0.305 e. The molecule has 2 aromatic carbocycles. The lowest BCUT2D eigenvalue weighted by Gasteiger charge is -2.30. The number of rotatable bonds is 1. The maximum Gasteiger partial charge on any atom is 0.258 e. The topological polar surface area (TPSA) is 20.3 Å². The predicted molar refractivity (Wildman–Crippen MR) is 82.3 cm³/mol. The van der Waals surface area contributed by atoms with Gasteiger partial charge in [-0.1, -0.05) is 18.2 Å². The van der Waals surface area contributed by atoms with Crippen molar-refractivity contribution in [1.29, 1.82) is 0 Å². The first kappa shape index (κ1) is 13.8. The molecular weight excluding hydrogens is 265 g/mol. The first-order valence-electron chi connectivity index (χ1n) is 7.24. The molecule has 2 aromatic rings. The van der Waals surface area contributed by atoms with Gasteiger partial charge in [-0.2, -0.15) is 0 Å². The molecule has 21 heavy (non-hydrogen) atoms. The molecule has 3 rings (SSSR count). The Balaban J connectivity index is 2.02. The van der Waals surface area contributed by atoms with Crippen molar-refractivity contribution >= 4 is 11.6 Å². The molecule has 0 unspecified atom stereocenters. The Labute approximate surface area is 124 Å². The van der Waals surface area contributed by atoms with Crippen LogP contribution in [0.25, 0.3) is 0 Å². The van der Waals surface area contributed by atoms with E-state index in [1.807, 2.05) is 38.1 Å². The van der Waals surface area contributed by atoms with Crippen LogP contribution in [0.15, 0.2) is 36.4 Å². The monoisotopic (exact) mass is 283 g/mol. The van der Waals surface area contributed by atoms with Crippen LogP contribution in [0.2, 0.25) is 0 Å². The van der Waals surface area contributed by atoms with E-state index < -0.39 is 0 Å². The third-order valence-electron chi connectivity index (χ3n) is 4.17. The van der Waals surface area contributed by atoms with Crippen LogP contribution in [0.5, 0.6) is 0 Å². The van der Waals surface area contributed by atoms with E-state index >= 15 is 0 Å². The van der Waals surface area contributed by atoms with Crippen molar-refractivity contribution in [2.75, 3.05) is 11.4 Å². The van der Waals surface area contributed by atoms with Gasteiger partial charge < -0.3 is 4.90 Å². The number of hydrogen-bond acceptors (Lipinski definition) is 1. The van der Waals surface area contributed by atoms with E-state index in [1.165, 1.54) is 6.07 Å². The van der Waals surface area contributed by atoms with Gasteiger partial charge in [0.05, 0.1) is 5.69 Å². The van der Waals surface area contributed by atoms with Gasteiger partial charge in [-0.3, -0.25) is 4.79 Å². The molecule has 0 bridgehead atoms. The molecule has 1 heterocycles. The fourth-order valence-electron chi connectivity index (χ4n) is 2.84. The minimum Gasteiger partial charge on any atom is -0.305 e. The first-order valence-corrected chi connectivity index (χ1v) is 7.24. The highest BCUT2D eigenvalue weighted by atomic mass is 19.1. The summed E-state index contributed by atoms with van der Waals surface area (Å²) in [7, 11) is 0. The van der Waals surface area contributed by atoms with E-state index in [2.05, 4.69) is 0 Å². The van der Waals surface area contributed by atoms with Gasteiger partial charge in [0.25, 0.3) is 5.91 Å². The molecular formula is C18H18FNO. The number of amides is 1. The number of carbonyl (C=O) groups is 1. The Morgan fingerprint density at radius 3 is 2.71 bits per heavy atom. The highest BCUT2D eigenvalue weighted by molar-refractivity contribution is 6.07. The summed E-state index contributed by atoms with van der Waals surface area (Å²) in [5, 5.41) is 0. The number of hydrogen-bond donors (Lipinski definition) is 0. The summed E-state index contributed by atoms with van der Waals surface area (Å²) >= 11 is 0. The number of aryl methyl sites for hydroxylation is 3. The number of anilines is 1. The van der Waals surface area contributed by atoms with Gasteiger partial charge in [0, 0.05) is 12.1 Å². The molecule has 0 saturated heterocycles. The molecule has 0 spiro atoms. The molecule has 0 saturated carbocycles. The maximum atomic E-state index is 14.1. The Hall–Kier alpha value is -2.16. The fraction of sp³-hybridized carbons (Fsp3) is 0.278. The van der Waals surface area contributed by atoms with Crippen LogP contribution in [0.1, 0.15) is 33.5 Å². The van der Waals surface area contributed by atoms with Gasteiger partial charge in [0.2, 0.25) is 0 Å². The predicted octanol–water partition coefficient (Wildman–Crippen LogP) is 4.04. The van der Waals surface area contributed by atoms with E-state index in [9.17, 15) is 9.18 Å². The minimum absolute atomic E-state index is 0.121. The average molecular weight is 283 g/mol. The summed E-state index contributed by atoms with van der Waals surface area (Å²) in [6.07, 6.45) is 1.69. The average Bonchev–Trinajstić information content (AvgIpc) is 2.49. The summed E-state index contributed by atoms with van der Waals surface area (Å²) in [4.78, 5) is 14.3. The SMILES string of the molecule is Cc1ccc(C(=O)N2CCCc3cccc(F)c32)cc1C. The molecule has 0 aliphatic carbocycles. The third-order valence-corrected chi connectivity index (χ3v) is 4.17. The molecule has 0 aromatic heterocycles. The second-order valence-electron chi connectivity index (χ2n) is 5.61. The van der Waals surface area contributed by atoms with Crippen molar-refractivity contribution in [1.82, 2.24) is 0 Å². The minimum atomic E-state index is -0.315. The van der Waals surface area contributed by atoms with Crippen LogP contribution >= 0.6 is 0 Å². The van der Waals surface area contributed by atoms with Gasteiger partial charge in [0.15, 0.2) is 0 Å². The molecule has 3 heteroatoms. The number of carbonyl (C=O) groups excluding carboxylic acids is 1. The Kier molecular flexibility index (Phi) is 3.50. The quantitative estimate of drug-likeness (QED) is 0.773. The van der Waals surface area contributed by atoms with Gasteiger partial charge in [-0.15, -0.1) is 0 Å². The van der Waals surface area contributed by atoms with E-state index in [0.717, 1.165) is 29.5 Å². The Morgan fingerprint density at radius 1 is 1.14 bits per heavy atom. The summed E-state index contributed by atoms with van der Waals surface area (Å²) in [6, 6.07) is 10.7. The molecule has 1 amide bonds. The molecule has 0 atom stereocenters. The van der Waals surface area contributed by atoms with Gasteiger partial charge in [-0.25, -0.2) is 4.39 Å². The van der Waals surface area contributed by atoms with Crippen molar-refractivity contribution in [3.8, 4) is 0 Å². The van der Waals surface area contributed by atoms with Crippen LogP contribution < -0.4 is 4.90 Å². The lowest BCUT2D eigenvalue weighted by Crippen LogP contribution is -2.36. The molecule has 1 aliphatic heterocycles. The highest BCUT2D eigenvalue weighted by Crippen LogP contribution is 2.31.